The Morgan fingerprint density at radius 3 is 2.79 bits per heavy atom. The molecule has 0 aliphatic carbocycles. The second kappa shape index (κ2) is 9.87. The van der Waals surface area contributed by atoms with Gasteiger partial charge in [-0.25, -0.2) is 4.79 Å². The molecule has 0 aliphatic rings. The first kappa shape index (κ1) is 20.6. The van der Waals surface area contributed by atoms with Gasteiger partial charge >= 0.3 is 6.03 Å². The molecule has 0 aliphatic heterocycles. The van der Waals surface area contributed by atoms with Crippen molar-refractivity contribution in [2.45, 2.75) is 25.5 Å². The molecular weight excluding hydrogens is 392 g/mol. The molecule has 0 unspecified atom stereocenters. The van der Waals surface area contributed by atoms with Crippen molar-refractivity contribution < 1.29 is 14.0 Å². The Morgan fingerprint density at radius 2 is 2.10 bits per heavy atom. The van der Waals surface area contributed by atoms with Gasteiger partial charge in [-0.3, -0.25) is 19.7 Å². The smallest absolute Gasteiger partial charge is 0.321 e. The van der Waals surface area contributed by atoms with E-state index in [0.29, 0.717) is 30.0 Å². The van der Waals surface area contributed by atoms with Crippen LogP contribution in [0.4, 0.5) is 4.79 Å². The van der Waals surface area contributed by atoms with Crippen LogP contribution in [0.5, 0.6) is 0 Å². The van der Waals surface area contributed by atoms with Gasteiger partial charge in [0, 0.05) is 24.5 Å². The predicted molar refractivity (Wildman–Crippen MR) is 108 cm³/mol. The molecule has 3 aromatic rings. The van der Waals surface area contributed by atoms with Crippen molar-refractivity contribution in [2.24, 2.45) is 5.92 Å². The summed E-state index contributed by atoms with van der Waals surface area (Å²) < 4.78 is 7.30. The fourth-order valence-corrected chi connectivity index (χ4v) is 3.18. The Labute approximate surface area is 172 Å². The summed E-state index contributed by atoms with van der Waals surface area (Å²) in [6, 6.07) is 6.86. The average Bonchev–Trinajstić information content (AvgIpc) is 3.36. The first-order chi connectivity index (χ1) is 14.0. The number of furan rings is 1. The highest BCUT2D eigenvalue weighted by atomic mass is 32.2. The van der Waals surface area contributed by atoms with Crippen LogP contribution in [0, 0.1) is 5.92 Å². The van der Waals surface area contributed by atoms with Gasteiger partial charge in [0.1, 0.15) is 5.76 Å². The van der Waals surface area contributed by atoms with E-state index in [1.54, 1.807) is 24.7 Å². The molecular formula is C19H22N6O3S. The Morgan fingerprint density at radius 1 is 1.24 bits per heavy atom. The Kier molecular flexibility index (Phi) is 7.01. The normalized spacial score (nSPS) is 10.9. The van der Waals surface area contributed by atoms with Gasteiger partial charge in [-0.05, 0) is 30.2 Å². The number of hydrogen-bond donors (Lipinski definition) is 2. The van der Waals surface area contributed by atoms with Gasteiger partial charge in [0.15, 0.2) is 11.0 Å². The topological polar surface area (TPSA) is 115 Å². The first-order valence-corrected chi connectivity index (χ1v) is 10.1. The van der Waals surface area contributed by atoms with E-state index in [1.165, 1.54) is 11.8 Å². The minimum Gasteiger partial charge on any atom is -0.467 e. The minimum atomic E-state index is -0.502. The Bertz CT molecular complexity index is 940. The maximum absolute atomic E-state index is 12.1. The van der Waals surface area contributed by atoms with Crippen molar-refractivity contribution in [3.63, 3.8) is 0 Å². The zero-order chi connectivity index (χ0) is 20.6. The summed E-state index contributed by atoms with van der Waals surface area (Å²) in [7, 11) is 0. The summed E-state index contributed by atoms with van der Waals surface area (Å²) >= 11 is 1.19. The number of aromatic nitrogens is 4. The Balaban J connectivity index is 1.69. The zero-order valence-electron chi connectivity index (χ0n) is 16.2. The quantitative estimate of drug-likeness (QED) is 0.544. The molecule has 9 nitrogen and oxygen atoms in total. The van der Waals surface area contributed by atoms with Gasteiger partial charge in [0.2, 0.25) is 5.91 Å². The Hall–Kier alpha value is -3.14. The summed E-state index contributed by atoms with van der Waals surface area (Å²) in [5, 5.41) is 14.0. The van der Waals surface area contributed by atoms with E-state index >= 15 is 0 Å². The van der Waals surface area contributed by atoms with E-state index in [0.717, 1.165) is 11.3 Å². The zero-order valence-corrected chi connectivity index (χ0v) is 17.0. The van der Waals surface area contributed by atoms with Crippen molar-refractivity contribution in [3.05, 3.63) is 48.7 Å². The summed E-state index contributed by atoms with van der Waals surface area (Å²) in [6.07, 6.45) is 4.98. The molecule has 0 spiro atoms. The van der Waals surface area contributed by atoms with Gasteiger partial charge in [0.25, 0.3) is 0 Å². The van der Waals surface area contributed by atoms with Crippen molar-refractivity contribution in [1.82, 2.24) is 30.4 Å². The largest absolute Gasteiger partial charge is 0.467 e. The number of urea groups is 1. The van der Waals surface area contributed by atoms with Crippen LogP contribution in [0.15, 0.2) is 52.5 Å². The van der Waals surface area contributed by atoms with E-state index in [-0.39, 0.29) is 5.75 Å². The highest BCUT2D eigenvalue weighted by Gasteiger charge is 2.17. The first-order valence-electron chi connectivity index (χ1n) is 9.09. The van der Waals surface area contributed by atoms with Crippen molar-refractivity contribution in [3.8, 4) is 11.4 Å². The molecule has 0 radical (unpaired) electrons. The molecule has 0 aromatic carbocycles. The second-order valence-corrected chi connectivity index (χ2v) is 7.60. The van der Waals surface area contributed by atoms with E-state index in [9.17, 15) is 9.59 Å². The summed E-state index contributed by atoms with van der Waals surface area (Å²) in [4.78, 5) is 28.0. The lowest BCUT2D eigenvalue weighted by atomic mass is 10.2. The van der Waals surface area contributed by atoms with Crippen LogP contribution >= 0.6 is 11.8 Å². The van der Waals surface area contributed by atoms with Crippen molar-refractivity contribution >= 4 is 23.7 Å². The molecule has 0 bridgehead atoms. The van der Waals surface area contributed by atoms with Gasteiger partial charge in [-0.15, -0.1) is 10.2 Å². The lowest BCUT2D eigenvalue weighted by Crippen LogP contribution is -2.41. The second-order valence-electron chi connectivity index (χ2n) is 6.65. The van der Waals surface area contributed by atoms with Gasteiger partial charge in [0.05, 0.1) is 18.6 Å². The van der Waals surface area contributed by atoms with Crippen LogP contribution in [-0.4, -0.2) is 44.0 Å². The fourth-order valence-electron chi connectivity index (χ4n) is 2.44. The SMILES string of the molecule is CC(C)CNC(=O)NC(=O)CSc1nnc(-c2cccnc2)n1Cc1ccco1. The van der Waals surface area contributed by atoms with E-state index in [1.807, 2.05) is 36.6 Å². The number of hydrogen-bond acceptors (Lipinski definition) is 7. The molecule has 0 atom stereocenters. The minimum absolute atomic E-state index is 0.0262. The molecule has 2 N–H and O–H groups in total. The maximum Gasteiger partial charge on any atom is 0.321 e. The third-order valence-corrected chi connectivity index (χ3v) is 4.75. The van der Waals surface area contributed by atoms with Crippen molar-refractivity contribution in [1.29, 1.82) is 0 Å². The molecule has 152 valence electrons. The summed E-state index contributed by atoms with van der Waals surface area (Å²) in [5.74, 6) is 1.27. The number of thioether (sulfide) groups is 1. The third kappa shape index (κ3) is 5.92. The molecule has 3 aromatic heterocycles. The number of amides is 3. The van der Waals surface area contributed by atoms with Crippen LogP contribution in [0.25, 0.3) is 11.4 Å². The molecule has 3 amide bonds. The number of pyridine rings is 1. The van der Waals surface area contributed by atoms with Gasteiger partial charge in [-0.2, -0.15) is 0 Å². The monoisotopic (exact) mass is 414 g/mol. The fraction of sp³-hybridized carbons (Fsp3) is 0.316. The lowest BCUT2D eigenvalue weighted by molar-refractivity contribution is -0.117. The van der Waals surface area contributed by atoms with Crippen LogP contribution < -0.4 is 10.6 Å². The number of rotatable bonds is 8. The lowest BCUT2D eigenvalue weighted by Gasteiger charge is -2.10. The van der Waals surface area contributed by atoms with Gasteiger partial charge in [-0.1, -0.05) is 25.6 Å². The van der Waals surface area contributed by atoms with Crippen LogP contribution in [0.2, 0.25) is 0 Å². The number of carbonyl (C=O) groups is 2. The average molecular weight is 414 g/mol. The van der Waals surface area contributed by atoms with E-state index in [4.69, 9.17) is 4.42 Å². The highest BCUT2D eigenvalue weighted by molar-refractivity contribution is 7.99. The number of imide groups is 1. The van der Waals surface area contributed by atoms with Crippen LogP contribution in [0.3, 0.4) is 0 Å². The highest BCUT2D eigenvalue weighted by Crippen LogP contribution is 2.24. The molecule has 0 saturated carbocycles. The third-order valence-electron chi connectivity index (χ3n) is 3.79. The molecule has 3 heterocycles. The molecule has 29 heavy (non-hydrogen) atoms. The van der Waals surface area contributed by atoms with E-state index in [2.05, 4.69) is 25.8 Å². The van der Waals surface area contributed by atoms with Gasteiger partial charge < -0.3 is 9.73 Å². The molecule has 0 saturated heterocycles. The van der Waals surface area contributed by atoms with Crippen molar-refractivity contribution in [2.75, 3.05) is 12.3 Å². The number of nitrogens with one attached hydrogen (secondary N) is 2. The number of carbonyl (C=O) groups excluding carboxylic acids is 2. The van der Waals surface area contributed by atoms with E-state index < -0.39 is 11.9 Å². The molecule has 10 heteroatoms. The standard InChI is InChI=1S/C19H22N6O3S/c1-13(2)9-21-18(27)22-16(26)12-29-19-24-23-17(14-5-3-7-20-10-14)25(19)11-15-6-4-8-28-15/h3-8,10,13H,9,11-12H2,1-2H3,(H2,21,22,26,27). The van der Waals surface area contributed by atoms with Crippen LogP contribution in [-0.2, 0) is 11.3 Å². The summed E-state index contributed by atoms with van der Waals surface area (Å²) in [6.45, 7) is 4.86. The maximum atomic E-state index is 12.1. The number of nitrogens with zero attached hydrogens (tertiary/aromatic N) is 4. The predicted octanol–water partition coefficient (Wildman–Crippen LogP) is 2.56. The van der Waals surface area contributed by atoms with Crippen LogP contribution in [0.1, 0.15) is 19.6 Å². The summed E-state index contributed by atoms with van der Waals surface area (Å²) in [5.41, 5.74) is 0.802. The molecule has 0 fully saturated rings. The molecule has 3 rings (SSSR count).